The number of hydrogen-bond donors (Lipinski definition) is 0. The molecule has 0 bridgehead atoms. The van der Waals surface area contributed by atoms with Crippen LogP contribution in [0.4, 0.5) is 14.5 Å². The van der Waals surface area contributed by atoms with Gasteiger partial charge in [-0.25, -0.2) is 9.37 Å². The van der Waals surface area contributed by atoms with Crippen LogP contribution in [0.15, 0.2) is 41.4 Å². The fraction of sp³-hybridized carbons (Fsp3) is 0.353. The molecule has 1 aromatic carbocycles. The fourth-order valence-electron chi connectivity index (χ4n) is 2.71. The average molecular weight is 399 g/mol. The van der Waals surface area contributed by atoms with E-state index in [2.05, 4.69) is 25.8 Å². The molecule has 0 radical (unpaired) electrons. The van der Waals surface area contributed by atoms with Crippen LogP contribution >= 0.6 is 27.7 Å². The maximum absolute atomic E-state index is 13.8. The second kappa shape index (κ2) is 7.62. The highest BCUT2D eigenvalue weighted by molar-refractivity contribution is 9.08. The molecule has 1 fully saturated rings. The highest BCUT2D eigenvalue weighted by atomic mass is 79.9. The molecule has 1 aliphatic rings. The Hall–Kier alpha value is -1.14. The summed E-state index contributed by atoms with van der Waals surface area (Å²) in [5.74, 6) is -0.580. The normalized spacial score (nSPS) is 15.9. The number of piperidine rings is 1. The number of pyridine rings is 1. The minimum absolute atomic E-state index is 0.173. The molecule has 1 aliphatic heterocycles. The van der Waals surface area contributed by atoms with Crippen LogP contribution in [0.3, 0.4) is 0 Å². The van der Waals surface area contributed by atoms with Gasteiger partial charge in [0.2, 0.25) is 5.95 Å². The number of alkyl halides is 1. The average Bonchev–Trinajstić information content (AvgIpc) is 2.56. The molecule has 6 heteroatoms. The summed E-state index contributed by atoms with van der Waals surface area (Å²) in [7, 11) is 0. The van der Waals surface area contributed by atoms with E-state index in [1.54, 1.807) is 23.9 Å². The monoisotopic (exact) mass is 398 g/mol. The summed E-state index contributed by atoms with van der Waals surface area (Å²) >= 11 is 4.86. The second-order valence-corrected chi connectivity index (χ2v) is 7.37. The smallest absolute Gasteiger partial charge is 0.217 e. The Morgan fingerprint density at radius 1 is 1.13 bits per heavy atom. The van der Waals surface area contributed by atoms with Crippen molar-refractivity contribution in [2.75, 3.05) is 18.0 Å². The van der Waals surface area contributed by atoms with Gasteiger partial charge in [-0.1, -0.05) is 34.1 Å². The van der Waals surface area contributed by atoms with Crippen LogP contribution in [0, 0.1) is 11.8 Å². The molecule has 122 valence electrons. The number of thioether (sulfide) groups is 1. The summed E-state index contributed by atoms with van der Waals surface area (Å²) in [5, 5.41) is 1.58. The predicted molar refractivity (Wildman–Crippen MR) is 94.3 cm³/mol. The molecule has 0 amide bonds. The number of hydrogen-bond acceptors (Lipinski definition) is 3. The van der Waals surface area contributed by atoms with Crippen LogP contribution in [0.1, 0.15) is 18.4 Å². The summed E-state index contributed by atoms with van der Waals surface area (Å²) in [6, 6.07) is 10.5. The van der Waals surface area contributed by atoms with Gasteiger partial charge in [0.25, 0.3) is 0 Å². The Kier molecular flexibility index (Phi) is 5.54. The zero-order chi connectivity index (χ0) is 16.2. The third-order valence-electron chi connectivity index (χ3n) is 3.97. The maximum Gasteiger partial charge on any atom is 0.217 e. The molecule has 2 heterocycles. The molecule has 2 nitrogen and oxygen atoms in total. The zero-order valence-electron chi connectivity index (χ0n) is 12.5. The van der Waals surface area contributed by atoms with Crippen molar-refractivity contribution in [3.8, 4) is 0 Å². The first-order chi connectivity index (χ1) is 11.2. The first-order valence-corrected chi connectivity index (χ1v) is 9.55. The number of para-hydroxylation sites is 1. The van der Waals surface area contributed by atoms with Crippen molar-refractivity contribution in [2.45, 2.75) is 28.4 Å². The van der Waals surface area contributed by atoms with E-state index in [1.165, 1.54) is 6.07 Å². The van der Waals surface area contributed by atoms with E-state index < -0.39 is 5.95 Å². The number of anilines is 1. The Bertz CT molecular complexity index is 675. The van der Waals surface area contributed by atoms with E-state index in [1.807, 2.05) is 18.2 Å². The second-order valence-electron chi connectivity index (χ2n) is 5.49. The number of rotatable bonds is 4. The fourth-order valence-corrected chi connectivity index (χ4v) is 4.19. The SMILES string of the molecule is Fc1ccccc1N1CCC(Sc2ccc(CBr)c(F)n2)CC1. The topological polar surface area (TPSA) is 16.1 Å². The van der Waals surface area contributed by atoms with Gasteiger partial charge in [-0.15, -0.1) is 11.8 Å². The molecule has 0 spiro atoms. The summed E-state index contributed by atoms with van der Waals surface area (Å²) in [6.45, 7) is 1.61. The summed E-state index contributed by atoms with van der Waals surface area (Å²) < 4.78 is 27.6. The largest absolute Gasteiger partial charge is 0.369 e. The van der Waals surface area contributed by atoms with Gasteiger partial charge in [0.05, 0.1) is 10.7 Å². The van der Waals surface area contributed by atoms with Crippen molar-refractivity contribution in [3.05, 3.63) is 53.7 Å². The first-order valence-electron chi connectivity index (χ1n) is 7.55. The predicted octanol–water partition coefficient (Wildman–Crippen LogP) is 5.02. The van der Waals surface area contributed by atoms with Gasteiger partial charge in [-0.3, -0.25) is 0 Å². The van der Waals surface area contributed by atoms with Gasteiger partial charge in [-0.2, -0.15) is 4.39 Å². The van der Waals surface area contributed by atoms with E-state index in [0.717, 1.165) is 31.0 Å². The lowest BCUT2D eigenvalue weighted by Gasteiger charge is -2.33. The Balaban J connectivity index is 1.59. The molecule has 0 saturated carbocycles. The number of benzene rings is 1. The summed E-state index contributed by atoms with van der Waals surface area (Å²) in [6.07, 6.45) is 1.87. The lowest BCUT2D eigenvalue weighted by atomic mass is 10.1. The number of nitrogens with zero attached hydrogens (tertiary/aromatic N) is 2. The molecule has 3 rings (SSSR count). The van der Waals surface area contributed by atoms with Gasteiger partial charge in [0.15, 0.2) is 0 Å². The van der Waals surface area contributed by atoms with Gasteiger partial charge in [0.1, 0.15) is 5.82 Å². The van der Waals surface area contributed by atoms with Crippen molar-refractivity contribution in [3.63, 3.8) is 0 Å². The third-order valence-corrected chi connectivity index (χ3v) is 5.84. The molecule has 0 unspecified atom stereocenters. The van der Waals surface area contributed by atoms with Crippen molar-refractivity contribution >= 4 is 33.4 Å². The Morgan fingerprint density at radius 2 is 1.87 bits per heavy atom. The molecule has 2 aromatic rings. The molecule has 0 aliphatic carbocycles. The van der Waals surface area contributed by atoms with E-state index in [4.69, 9.17) is 0 Å². The van der Waals surface area contributed by atoms with Gasteiger partial charge in [-0.05, 0) is 31.0 Å². The molecular weight excluding hydrogens is 382 g/mol. The minimum atomic E-state index is -0.407. The van der Waals surface area contributed by atoms with Crippen LogP contribution in [0.5, 0.6) is 0 Å². The van der Waals surface area contributed by atoms with Crippen LogP contribution in [-0.2, 0) is 5.33 Å². The minimum Gasteiger partial charge on any atom is -0.369 e. The molecule has 1 aromatic heterocycles. The van der Waals surface area contributed by atoms with Crippen LogP contribution in [0.2, 0.25) is 0 Å². The van der Waals surface area contributed by atoms with E-state index in [9.17, 15) is 8.78 Å². The van der Waals surface area contributed by atoms with Crippen LogP contribution < -0.4 is 4.90 Å². The third kappa shape index (κ3) is 4.04. The van der Waals surface area contributed by atoms with Gasteiger partial charge >= 0.3 is 0 Å². The van der Waals surface area contributed by atoms with Crippen LogP contribution in [-0.4, -0.2) is 23.3 Å². The molecular formula is C17H17BrF2N2S. The number of halogens is 3. The molecule has 1 saturated heterocycles. The molecule has 0 atom stereocenters. The number of aromatic nitrogens is 1. The van der Waals surface area contributed by atoms with Crippen molar-refractivity contribution < 1.29 is 8.78 Å². The lowest BCUT2D eigenvalue weighted by molar-refractivity contribution is 0.556. The van der Waals surface area contributed by atoms with Crippen molar-refractivity contribution in [2.24, 2.45) is 0 Å². The quantitative estimate of drug-likeness (QED) is 0.531. The summed E-state index contributed by atoms with van der Waals surface area (Å²) in [5.41, 5.74) is 1.24. The van der Waals surface area contributed by atoms with Gasteiger partial charge in [0, 0.05) is 29.2 Å². The van der Waals surface area contributed by atoms with E-state index in [-0.39, 0.29) is 5.82 Å². The van der Waals surface area contributed by atoms with E-state index >= 15 is 0 Å². The summed E-state index contributed by atoms with van der Waals surface area (Å²) in [4.78, 5) is 6.10. The van der Waals surface area contributed by atoms with E-state index in [0.29, 0.717) is 21.8 Å². The first kappa shape index (κ1) is 16.7. The Labute approximate surface area is 147 Å². The lowest BCUT2D eigenvalue weighted by Crippen LogP contribution is -2.35. The zero-order valence-corrected chi connectivity index (χ0v) is 14.9. The standard InChI is InChI=1S/C17H17BrF2N2S/c18-11-12-5-6-16(21-17(12)20)23-13-7-9-22(10-8-13)15-4-2-1-3-14(15)19/h1-6,13H,7-11H2. The highest BCUT2D eigenvalue weighted by Gasteiger charge is 2.22. The molecule has 0 N–H and O–H groups in total. The Morgan fingerprint density at radius 3 is 2.52 bits per heavy atom. The highest BCUT2D eigenvalue weighted by Crippen LogP contribution is 2.32. The maximum atomic E-state index is 13.8. The van der Waals surface area contributed by atoms with Gasteiger partial charge < -0.3 is 4.90 Å². The van der Waals surface area contributed by atoms with Crippen molar-refractivity contribution in [1.82, 2.24) is 4.98 Å². The van der Waals surface area contributed by atoms with Crippen molar-refractivity contribution in [1.29, 1.82) is 0 Å². The molecule has 23 heavy (non-hydrogen) atoms. The van der Waals surface area contributed by atoms with Crippen LogP contribution in [0.25, 0.3) is 0 Å².